The molecule has 1 N–H and O–H groups in total. The van der Waals surface area contributed by atoms with Crippen molar-refractivity contribution in [1.82, 2.24) is 9.97 Å². The fraction of sp³-hybridized carbons (Fsp3) is 0.167. The molecule has 0 saturated carbocycles. The third-order valence-corrected chi connectivity index (χ3v) is 3.07. The van der Waals surface area contributed by atoms with E-state index in [1.165, 1.54) is 0 Å². The van der Waals surface area contributed by atoms with Crippen LogP contribution in [0.15, 0.2) is 41.9 Å². The SMILES string of the molecule is C=CCSc1nc2ccccc2nc1NC. The molecule has 0 aliphatic heterocycles. The monoisotopic (exact) mass is 231 g/mol. The molecule has 0 aliphatic carbocycles. The first-order valence-electron chi connectivity index (χ1n) is 5.03. The number of nitrogens with one attached hydrogen (secondary N) is 1. The third-order valence-electron chi connectivity index (χ3n) is 2.11. The standard InChI is InChI=1S/C12H13N3S/c1-3-8-16-12-11(13-2)14-9-6-4-5-7-10(9)15-12/h3-7H,1,8H2,2H3,(H,13,14). The zero-order chi connectivity index (χ0) is 11.4. The molecule has 0 radical (unpaired) electrons. The summed E-state index contributed by atoms with van der Waals surface area (Å²) in [7, 11) is 1.86. The first-order chi connectivity index (χ1) is 7.85. The number of para-hydroxylation sites is 2. The molecular formula is C12H13N3S. The zero-order valence-corrected chi connectivity index (χ0v) is 9.92. The van der Waals surface area contributed by atoms with Gasteiger partial charge in [0.1, 0.15) is 5.03 Å². The van der Waals surface area contributed by atoms with Crippen LogP contribution in [-0.2, 0) is 0 Å². The lowest BCUT2D eigenvalue weighted by Gasteiger charge is -2.07. The highest BCUT2D eigenvalue weighted by molar-refractivity contribution is 7.99. The van der Waals surface area contributed by atoms with Gasteiger partial charge in [-0.1, -0.05) is 30.0 Å². The molecular weight excluding hydrogens is 218 g/mol. The molecule has 2 rings (SSSR count). The van der Waals surface area contributed by atoms with Crippen LogP contribution in [0.5, 0.6) is 0 Å². The van der Waals surface area contributed by atoms with Gasteiger partial charge in [-0.25, -0.2) is 9.97 Å². The van der Waals surface area contributed by atoms with Gasteiger partial charge in [0.15, 0.2) is 5.82 Å². The fourth-order valence-electron chi connectivity index (χ4n) is 1.39. The Morgan fingerprint density at radius 3 is 2.62 bits per heavy atom. The average molecular weight is 231 g/mol. The molecule has 2 aromatic rings. The Balaban J connectivity index is 2.49. The quantitative estimate of drug-likeness (QED) is 0.648. The number of hydrogen-bond acceptors (Lipinski definition) is 4. The van der Waals surface area contributed by atoms with Crippen LogP contribution in [0.25, 0.3) is 11.0 Å². The molecule has 0 aliphatic rings. The number of nitrogens with zero attached hydrogens (tertiary/aromatic N) is 2. The van der Waals surface area contributed by atoms with Crippen molar-refractivity contribution in [2.45, 2.75) is 5.03 Å². The summed E-state index contributed by atoms with van der Waals surface area (Å²) >= 11 is 1.63. The lowest BCUT2D eigenvalue weighted by molar-refractivity contribution is 1.11. The Bertz CT molecular complexity index is 511. The van der Waals surface area contributed by atoms with Crippen LogP contribution in [0.3, 0.4) is 0 Å². The molecule has 1 heterocycles. The molecule has 0 fully saturated rings. The summed E-state index contributed by atoms with van der Waals surface area (Å²) in [4.78, 5) is 9.09. The van der Waals surface area contributed by atoms with Crippen molar-refractivity contribution in [3.05, 3.63) is 36.9 Å². The zero-order valence-electron chi connectivity index (χ0n) is 9.10. The molecule has 1 aromatic carbocycles. The third kappa shape index (κ3) is 2.17. The first-order valence-corrected chi connectivity index (χ1v) is 6.02. The van der Waals surface area contributed by atoms with E-state index >= 15 is 0 Å². The van der Waals surface area contributed by atoms with Gasteiger partial charge in [0.25, 0.3) is 0 Å². The maximum atomic E-state index is 4.57. The van der Waals surface area contributed by atoms with Gasteiger partial charge in [-0.3, -0.25) is 0 Å². The second-order valence-corrected chi connectivity index (χ2v) is 4.22. The number of rotatable bonds is 4. The van der Waals surface area contributed by atoms with E-state index in [2.05, 4.69) is 21.9 Å². The van der Waals surface area contributed by atoms with E-state index < -0.39 is 0 Å². The minimum atomic E-state index is 0.825. The molecule has 3 nitrogen and oxygen atoms in total. The van der Waals surface area contributed by atoms with Gasteiger partial charge in [-0.05, 0) is 12.1 Å². The summed E-state index contributed by atoms with van der Waals surface area (Å²) in [5.74, 6) is 1.66. The Morgan fingerprint density at radius 1 is 1.31 bits per heavy atom. The van der Waals surface area contributed by atoms with Crippen molar-refractivity contribution in [3.8, 4) is 0 Å². The minimum Gasteiger partial charge on any atom is -0.371 e. The molecule has 0 bridgehead atoms. The smallest absolute Gasteiger partial charge is 0.159 e. The highest BCUT2D eigenvalue weighted by atomic mass is 32.2. The molecule has 16 heavy (non-hydrogen) atoms. The number of hydrogen-bond donors (Lipinski definition) is 1. The summed E-state index contributed by atoms with van der Waals surface area (Å²) in [6.07, 6.45) is 1.86. The lowest BCUT2D eigenvalue weighted by Crippen LogP contribution is -1.98. The van der Waals surface area contributed by atoms with Crippen LogP contribution >= 0.6 is 11.8 Å². The molecule has 0 spiro atoms. The van der Waals surface area contributed by atoms with Crippen LogP contribution in [-0.4, -0.2) is 22.8 Å². The summed E-state index contributed by atoms with van der Waals surface area (Å²) < 4.78 is 0. The second kappa shape index (κ2) is 4.99. The number of aromatic nitrogens is 2. The lowest BCUT2D eigenvalue weighted by atomic mass is 10.3. The van der Waals surface area contributed by atoms with Crippen LogP contribution in [0.4, 0.5) is 5.82 Å². The van der Waals surface area contributed by atoms with Crippen LogP contribution in [0.1, 0.15) is 0 Å². The van der Waals surface area contributed by atoms with Crippen molar-refractivity contribution >= 4 is 28.6 Å². The average Bonchev–Trinajstić information content (AvgIpc) is 2.35. The molecule has 82 valence electrons. The van der Waals surface area contributed by atoms with E-state index in [1.807, 2.05) is 37.4 Å². The van der Waals surface area contributed by atoms with Gasteiger partial charge < -0.3 is 5.32 Å². The van der Waals surface area contributed by atoms with E-state index in [9.17, 15) is 0 Å². The van der Waals surface area contributed by atoms with Gasteiger partial charge in [-0.2, -0.15) is 0 Å². The molecule has 0 unspecified atom stereocenters. The maximum absolute atomic E-state index is 4.57. The van der Waals surface area contributed by atoms with Crippen LogP contribution in [0, 0.1) is 0 Å². The first kappa shape index (κ1) is 11.0. The highest BCUT2D eigenvalue weighted by Crippen LogP contribution is 2.25. The predicted molar refractivity (Wildman–Crippen MR) is 70.0 cm³/mol. The Labute approximate surface area is 99.0 Å². The fourth-order valence-corrected chi connectivity index (χ4v) is 2.11. The molecule has 4 heteroatoms. The summed E-state index contributed by atoms with van der Waals surface area (Å²) in [6.45, 7) is 3.70. The molecule has 0 saturated heterocycles. The summed E-state index contributed by atoms with van der Waals surface area (Å²) in [5, 5.41) is 3.99. The van der Waals surface area contributed by atoms with Gasteiger partial charge in [0.2, 0.25) is 0 Å². The van der Waals surface area contributed by atoms with Crippen molar-refractivity contribution in [1.29, 1.82) is 0 Å². The molecule has 0 atom stereocenters. The van der Waals surface area contributed by atoms with Crippen LogP contribution < -0.4 is 5.32 Å². The second-order valence-electron chi connectivity index (χ2n) is 3.22. The van der Waals surface area contributed by atoms with Gasteiger partial charge in [0.05, 0.1) is 11.0 Å². The van der Waals surface area contributed by atoms with Crippen molar-refractivity contribution < 1.29 is 0 Å². The Kier molecular flexibility index (Phi) is 3.41. The Morgan fingerprint density at radius 2 is 2.00 bits per heavy atom. The van der Waals surface area contributed by atoms with E-state index in [0.717, 1.165) is 27.6 Å². The maximum Gasteiger partial charge on any atom is 0.159 e. The largest absolute Gasteiger partial charge is 0.371 e. The van der Waals surface area contributed by atoms with E-state index in [-0.39, 0.29) is 0 Å². The number of thioether (sulfide) groups is 1. The van der Waals surface area contributed by atoms with E-state index in [4.69, 9.17) is 0 Å². The minimum absolute atomic E-state index is 0.825. The van der Waals surface area contributed by atoms with Crippen molar-refractivity contribution in [2.24, 2.45) is 0 Å². The summed E-state index contributed by atoms with van der Waals surface area (Å²) in [6, 6.07) is 7.87. The van der Waals surface area contributed by atoms with E-state index in [0.29, 0.717) is 0 Å². The van der Waals surface area contributed by atoms with Gasteiger partial charge in [-0.15, -0.1) is 6.58 Å². The van der Waals surface area contributed by atoms with Crippen molar-refractivity contribution in [3.63, 3.8) is 0 Å². The van der Waals surface area contributed by atoms with E-state index in [1.54, 1.807) is 11.8 Å². The van der Waals surface area contributed by atoms with Gasteiger partial charge >= 0.3 is 0 Å². The molecule has 1 aromatic heterocycles. The Hall–Kier alpha value is -1.55. The highest BCUT2D eigenvalue weighted by Gasteiger charge is 2.06. The number of fused-ring (bicyclic) bond motifs is 1. The number of benzene rings is 1. The van der Waals surface area contributed by atoms with Crippen LogP contribution in [0.2, 0.25) is 0 Å². The summed E-state index contributed by atoms with van der Waals surface area (Å²) in [5.41, 5.74) is 1.84. The topological polar surface area (TPSA) is 37.8 Å². The molecule has 0 amide bonds. The van der Waals surface area contributed by atoms with Gasteiger partial charge in [0, 0.05) is 12.8 Å². The predicted octanol–water partition coefficient (Wildman–Crippen LogP) is 2.95. The number of anilines is 1. The normalized spacial score (nSPS) is 10.3. The van der Waals surface area contributed by atoms with Crippen molar-refractivity contribution in [2.75, 3.05) is 18.1 Å².